The molecule has 2 N–H and O–H groups in total. The highest BCUT2D eigenvalue weighted by molar-refractivity contribution is 8.00. The number of nitrogens with one attached hydrogen (secondary N) is 2. The van der Waals surface area contributed by atoms with Crippen LogP contribution in [0.2, 0.25) is 0 Å². The van der Waals surface area contributed by atoms with Crippen molar-refractivity contribution in [2.45, 2.75) is 38.5 Å². The molecule has 0 bridgehead atoms. The molecular formula is C14H19N3OS2. The molecule has 1 aliphatic rings. The lowest BCUT2D eigenvalue weighted by Gasteiger charge is -2.09. The number of fused-ring (bicyclic) bond motifs is 1. The number of hydrogen-bond donors (Lipinski definition) is 2. The van der Waals surface area contributed by atoms with Gasteiger partial charge >= 0.3 is 0 Å². The normalized spacial score (nSPS) is 19.0. The van der Waals surface area contributed by atoms with E-state index in [0.717, 1.165) is 33.4 Å². The Bertz CT molecular complexity index is 671. The van der Waals surface area contributed by atoms with E-state index in [9.17, 15) is 4.79 Å². The Kier molecular flexibility index (Phi) is 4.14. The monoisotopic (exact) mass is 309 g/mol. The van der Waals surface area contributed by atoms with E-state index in [2.05, 4.69) is 15.3 Å². The molecular weight excluding hydrogens is 290 g/mol. The van der Waals surface area contributed by atoms with Gasteiger partial charge in [-0.15, -0.1) is 11.3 Å². The van der Waals surface area contributed by atoms with E-state index in [1.165, 1.54) is 23.5 Å². The van der Waals surface area contributed by atoms with Crippen molar-refractivity contribution in [1.29, 1.82) is 0 Å². The van der Waals surface area contributed by atoms with Crippen molar-refractivity contribution in [1.82, 2.24) is 15.3 Å². The predicted octanol–water partition coefficient (Wildman–Crippen LogP) is 2.59. The molecule has 108 valence electrons. The van der Waals surface area contributed by atoms with E-state index in [4.69, 9.17) is 0 Å². The highest BCUT2D eigenvalue weighted by Gasteiger charge is 2.15. The molecule has 0 radical (unpaired) electrons. The summed E-state index contributed by atoms with van der Waals surface area (Å²) in [5.41, 5.74) is 1.05. The zero-order chi connectivity index (χ0) is 14.1. The third-order valence-corrected chi connectivity index (χ3v) is 6.28. The maximum absolute atomic E-state index is 12.1. The maximum Gasteiger partial charge on any atom is 0.259 e. The summed E-state index contributed by atoms with van der Waals surface area (Å²) in [6.45, 7) is 5.66. The van der Waals surface area contributed by atoms with Gasteiger partial charge in [-0.1, -0.05) is 0 Å². The van der Waals surface area contributed by atoms with E-state index in [1.807, 2.05) is 25.6 Å². The number of aromatic nitrogens is 2. The quantitative estimate of drug-likeness (QED) is 0.911. The molecule has 1 aliphatic heterocycles. The van der Waals surface area contributed by atoms with Crippen molar-refractivity contribution in [2.75, 3.05) is 12.3 Å². The van der Waals surface area contributed by atoms with Gasteiger partial charge in [0, 0.05) is 16.7 Å². The van der Waals surface area contributed by atoms with Crippen LogP contribution < -0.4 is 10.9 Å². The number of aryl methyl sites for hydroxylation is 2. The van der Waals surface area contributed by atoms with Crippen LogP contribution in [0.1, 0.15) is 29.1 Å². The fraction of sp³-hybridized carbons (Fsp3) is 0.571. The van der Waals surface area contributed by atoms with Crippen molar-refractivity contribution in [3.63, 3.8) is 0 Å². The second kappa shape index (κ2) is 5.87. The molecule has 0 aliphatic carbocycles. The van der Waals surface area contributed by atoms with Crippen LogP contribution in [0, 0.1) is 13.8 Å². The molecule has 1 saturated heterocycles. The standard InChI is InChI=1S/C14H19N3OS2/c1-8-9(2)20-14-12(8)13(18)16-11(17-14)7-15-6-10-4-3-5-19-10/h10,15H,3-7H2,1-2H3,(H,16,17,18). The number of aromatic amines is 1. The summed E-state index contributed by atoms with van der Waals surface area (Å²) in [4.78, 5) is 21.6. The predicted molar refractivity (Wildman–Crippen MR) is 86.9 cm³/mol. The summed E-state index contributed by atoms with van der Waals surface area (Å²) in [6.07, 6.45) is 2.62. The Morgan fingerprint density at radius 2 is 2.30 bits per heavy atom. The van der Waals surface area contributed by atoms with Gasteiger partial charge in [-0.2, -0.15) is 11.8 Å². The third kappa shape index (κ3) is 2.77. The average molecular weight is 309 g/mol. The fourth-order valence-corrected chi connectivity index (χ4v) is 4.82. The average Bonchev–Trinajstić information content (AvgIpc) is 2.99. The molecule has 20 heavy (non-hydrogen) atoms. The van der Waals surface area contributed by atoms with E-state index in [-0.39, 0.29) is 5.56 Å². The van der Waals surface area contributed by atoms with Gasteiger partial charge in [-0.3, -0.25) is 4.79 Å². The van der Waals surface area contributed by atoms with Crippen LogP contribution in [0.25, 0.3) is 10.2 Å². The van der Waals surface area contributed by atoms with Gasteiger partial charge in [0.05, 0.1) is 11.9 Å². The molecule has 0 spiro atoms. The van der Waals surface area contributed by atoms with Gasteiger partial charge in [0.25, 0.3) is 5.56 Å². The summed E-state index contributed by atoms with van der Waals surface area (Å²) in [6, 6.07) is 0. The van der Waals surface area contributed by atoms with Crippen LogP contribution in [0.3, 0.4) is 0 Å². The zero-order valence-electron chi connectivity index (χ0n) is 11.8. The fourth-order valence-electron chi connectivity index (χ4n) is 2.54. The summed E-state index contributed by atoms with van der Waals surface area (Å²) in [5, 5.41) is 4.88. The van der Waals surface area contributed by atoms with E-state index in [0.29, 0.717) is 6.54 Å². The Labute approximate surface area is 126 Å². The zero-order valence-corrected chi connectivity index (χ0v) is 13.4. The molecule has 2 aromatic rings. The van der Waals surface area contributed by atoms with Crippen molar-refractivity contribution in [2.24, 2.45) is 0 Å². The van der Waals surface area contributed by atoms with Gasteiger partial charge in [0.15, 0.2) is 0 Å². The molecule has 1 unspecified atom stereocenters. The Balaban J connectivity index is 1.73. The molecule has 6 heteroatoms. The molecule has 1 atom stereocenters. The van der Waals surface area contributed by atoms with Crippen molar-refractivity contribution < 1.29 is 0 Å². The van der Waals surface area contributed by atoms with E-state index in [1.54, 1.807) is 11.3 Å². The van der Waals surface area contributed by atoms with Crippen molar-refractivity contribution >= 4 is 33.3 Å². The number of hydrogen-bond acceptors (Lipinski definition) is 5. The lowest BCUT2D eigenvalue weighted by Crippen LogP contribution is -2.25. The minimum Gasteiger partial charge on any atom is -0.309 e. The van der Waals surface area contributed by atoms with Gasteiger partial charge in [0.2, 0.25) is 0 Å². The summed E-state index contributed by atoms with van der Waals surface area (Å²) in [5.74, 6) is 2.02. The number of H-pyrrole nitrogens is 1. The van der Waals surface area contributed by atoms with Crippen LogP contribution in [0.15, 0.2) is 4.79 Å². The first-order valence-electron chi connectivity index (χ1n) is 6.96. The van der Waals surface area contributed by atoms with Crippen LogP contribution in [-0.4, -0.2) is 27.5 Å². The number of thioether (sulfide) groups is 1. The van der Waals surface area contributed by atoms with Gasteiger partial charge < -0.3 is 10.3 Å². The van der Waals surface area contributed by atoms with Gasteiger partial charge in [-0.25, -0.2) is 4.98 Å². The van der Waals surface area contributed by atoms with Crippen LogP contribution >= 0.6 is 23.1 Å². The minimum atomic E-state index is -0.0103. The Morgan fingerprint density at radius 1 is 1.45 bits per heavy atom. The molecule has 0 amide bonds. The molecule has 4 nitrogen and oxygen atoms in total. The first-order valence-corrected chi connectivity index (χ1v) is 8.83. The largest absolute Gasteiger partial charge is 0.309 e. The molecule has 2 aromatic heterocycles. The summed E-state index contributed by atoms with van der Waals surface area (Å²) < 4.78 is 0. The van der Waals surface area contributed by atoms with E-state index < -0.39 is 0 Å². The van der Waals surface area contributed by atoms with Crippen molar-refractivity contribution in [3.05, 3.63) is 26.6 Å². The summed E-state index contributed by atoms with van der Waals surface area (Å²) in [7, 11) is 0. The topological polar surface area (TPSA) is 57.8 Å². The maximum atomic E-state index is 12.1. The van der Waals surface area contributed by atoms with Crippen LogP contribution in [0.4, 0.5) is 0 Å². The number of rotatable bonds is 4. The second-order valence-corrected chi connectivity index (χ2v) is 7.85. The highest BCUT2D eigenvalue weighted by Crippen LogP contribution is 2.26. The van der Waals surface area contributed by atoms with Crippen LogP contribution in [0.5, 0.6) is 0 Å². The molecule has 0 aromatic carbocycles. The van der Waals surface area contributed by atoms with Crippen LogP contribution in [-0.2, 0) is 6.54 Å². The first kappa shape index (κ1) is 14.1. The highest BCUT2D eigenvalue weighted by atomic mass is 32.2. The summed E-state index contributed by atoms with van der Waals surface area (Å²) >= 11 is 3.64. The number of thiophene rings is 1. The third-order valence-electron chi connectivity index (χ3n) is 3.78. The smallest absolute Gasteiger partial charge is 0.259 e. The van der Waals surface area contributed by atoms with Gasteiger partial charge in [-0.05, 0) is 38.0 Å². The Morgan fingerprint density at radius 3 is 3.05 bits per heavy atom. The lowest BCUT2D eigenvalue weighted by molar-refractivity contribution is 0.628. The molecule has 3 rings (SSSR count). The lowest BCUT2D eigenvalue weighted by atomic mass is 10.2. The van der Waals surface area contributed by atoms with Gasteiger partial charge in [0.1, 0.15) is 10.7 Å². The number of nitrogens with zero attached hydrogens (tertiary/aromatic N) is 1. The Hall–Kier alpha value is -0.850. The SMILES string of the molecule is Cc1sc2nc(CNCC3CCCS3)[nH]c(=O)c2c1C. The molecule has 0 saturated carbocycles. The molecule has 3 heterocycles. The minimum absolute atomic E-state index is 0.0103. The second-order valence-electron chi connectivity index (χ2n) is 5.24. The van der Waals surface area contributed by atoms with Crippen molar-refractivity contribution in [3.8, 4) is 0 Å². The molecule has 1 fully saturated rings. The first-order chi connectivity index (χ1) is 9.65. The van der Waals surface area contributed by atoms with E-state index >= 15 is 0 Å².